The molecule has 1 fully saturated rings. The van der Waals surface area contributed by atoms with Gasteiger partial charge in [-0.05, 0) is 18.9 Å². The zero-order valence-corrected chi connectivity index (χ0v) is 11.1. The standard InChI is InChI=1S/C12H14N4O5/c17-12(5-1-2-6-12)8-13-14-10-4-3-9(15(18)19)7-11(10)16(20)21/h3-4,7-8,14,17H,1-2,5-6H2/b13-8+. The minimum atomic E-state index is -0.984. The second-order valence-electron chi connectivity index (χ2n) is 4.90. The monoisotopic (exact) mass is 294 g/mol. The van der Waals surface area contributed by atoms with Crippen LogP contribution in [0.5, 0.6) is 0 Å². The van der Waals surface area contributed by atoms with Crippen molar-refractivity contribution in [2.75, 3.05) is 5.43 Å². The molecule has 0 radical (unpaired) electrons. The predicted octanol–water partition coefficient (Wildman–Crippen LogP) is 2.21. The Bertz CT molecular complexity index is 595. The van der Waals surface area contributed by atoms with Gasteiger partial charge in [0.2, 0.25) is 0 Å². The van der Waals surface area contributed by atoms with Crippen molar-refractivity contribution < 1.29 is 15.0 Å². The van der Waals surface area contributed by atoms with Crippen LogP contribution in [-0.4, -0.2) is 26.8 Å². The molecule has 0 aromatic heterocycles. The van der Waals surface area contributed by atoms with Gasteiger partial charge in [0.1, 0.15) is 11.3 Å². The second kappa shape index (κ2) is 5.83. The maximum atomic E-state index is 10.9. The lowest BCUT2D eigenvalue weighted by molar-refractivity contribution is -0.393. The summed E-state index contributed by atoms with van der Waals surface area (Å²) in [5, 5.41) is 35.4. The van der Waals surface area contributed by atoms with Crippen molar-refractivity contribution in [3.05, 3.63) is 38.4 Å². The number of nitro groups is 2. The summed E-state index contributed by atoms with van der Waals surface area (Å²) < 4.78 is 0. The van der Waals surface area contributed by atoms with E-state index in [1.165, 1.54) is 12.3 Å². The van der Waals surface area contributed by atoms with E-state index in [4.69, 9.17) is 0 Å². The average Bonchev–Trinajstić information content (AvgIpc) is 2.85. The Labute approximate surface area is 119 Å². The number of hydrogen-bond donors (Lipinski definition) is 2. The molecule has 1 aliphatic rings. The molecule has 9 heteroatoms. The zero-order valence-electron chi connectivity index (χ0n) is 11.1. The lowest BCUT2D eigenvalue weighted by atomic mass is 10.1. The highest BCUT2D eigenvalue weighted by Crippen LogP contribution is 2.30. The summed E-state index contributed by atoms with van der Waals surface area (Å²) >= 11 is 0. The molecule has 0 amide bonds. The molecule has 9 nitrogen and oxygen atoms in total. The third-order valence-electron chi connectivity index (χ3n) is 3.35. The van der Waals surface area contributed by atoms with Crippen molar-refractivity contribution in [2.45, 2.75) is 31.3 Å². The fraction of sp³-hybridized carbons (Fsp3) is 0.417. The second-order valence-corrected chi connectivity index (χ2v) is 4.90. The molecule has 0 spiro atoms. The Balaban J connectivity index is 2.17. The van der Waals surface area contributed by atoms with E-state index in [-0.39, 0.29) is 11.4 Å². The SMILES string of the molecule is O=[N+]([O-])c1ccc(N/N=C/C2(O)CCCC2)c([N+](=O)[O-])c1. The summed E-state index contributed by atoms with van der Waals surface area (Å²) in [6, 6.07) is 3.23. The molecule has 2 N–H and O–H groups in total. The average molecular weight is 294 g/mol. The number of hydrazone groups is 1. The van der Waals surface area contributed by atoms with Crippen molar-refractivity contribution in [1.82, 2.24) is 0 Å². The van der Waals surface area contributed by atoms with E-state index in [0.29, 0.717) is 12.8 Å². The summed E-state index contributed by atoms with van der Waals surface area (Å²) in [7, 11) is 0. The highest BCUT2D eigenvalue weighted by atomic mass is 16.6. The molecule has 2 rings (SSSR count). The van der Waals surface area contributed by atoms with Crippen LogP contribution in [-0.2, 0) is 0 Å². The van der Waals surface area contributed by atoms with E-state index >= 15 is 0 Å². The molecule has 21 heavy (non-hydrogen) atoms. The lowest BCUT2D eigenvalue weighted by Gasteiger charge is -2.15. The van der Waals surface area contributed by atoms with Gasteiger partial charge in [0.15, 0.2) is 0 Å². The Kier molecular flexibility index (Phi) is 4.13. The smallest absolute Gasteiger partial charge is 0.301 e. The minimum absolute atomic E-state index is 0.0310. The first-order chi connectivity index (χ1) is 9.91. The third kappa shape index (κ3) is 3.51. The molecule has 0 atom stereocenters. The summed E-state index contributed by atoms with van der Waals surface area (Å²) in [6.07, 6.45) is 4.33. The molecule has 1 aromatic rings. The van der Waals surface area contributed by atoms with Crippen LogP contribution in [0.2, 0.25) is 0 Å². The van der Waals surface area contributed by atoms with Crippen LogP contribution in [0.25, 0.3) is 0 Å². The van der Waals surface area contributed by atoms with Gasteiger partial charge in [-0.3, -0.25) is 25.7 Å². The summed E-state index contributed by atoms with van der Waals surface area (Å²) in [5.74, 6) is 0. The molecular weight excluding hydrogens is 280 g/mol. The maximum Gasteiger partial charge on any atom is 0.301 e. The van der Waals surface area contributed by atoms with Gasteiger partial charge in [0.25, 0.3) is 5.69 Å². The van der Waals surface area contributed by atoms with E-state index < -0.39 is 21.1 Å². The van der Waals surface area contributed by atoms with Crippen LogP contribution in [0, 0.1) is 20.2 Å². The molecule has 0 unspecified atom stereocenters. The third-order valence-corrected chi connectivity index (χ3v) is 3.35. The van der Waals surface area contributed by atoms with Gasteiger partial charge in [-0.25, -0.2) is 0 Å². The topological polar surface area (TPSA) is 131 Å². The number of hydrogen-bond acceptors (Lipinski definition) is 7. The van der Waals surface area contributed by atoms with E-state index in [1.807, 2.05) is 0 Å². The molecule has 1 aliphatic carbocycles. The zero-order chi connectivity index (χ0) is 15.5. The number of nitrogens with one attached hydrogen (secondary N) is 1. The van der Waals surface area contributed by atoms with E-state index in [2.05, 4.69) is 10.5 Å². The number of non-ortho nitro benzene ring substituents is 1. The molecule has 1 saturated carbocycles. The van der Waals surface area contributed by atoms with Crippen LogP contribution in [0.15, 0.2) is 23.3 Å². The van der Waals surface area contributed by atoms with Crippen molar-refractivity contribution in [2.24, 2.45) is 5.10 Å². The molecule has 0 saturated heterocycles. The first-order valence-electron chi connectivity index (χ1n) is 6.37. The van der Waals surface area contributed by atoms with Crippen molar-refractivity contribution in [3.8, 4) is 0 Å². The lowest BCUT2D eigenvalue weighted by Crippen LogP contribution is -2.26. The van der Waals surface area contributed by atoms with Crippen molar-refractivity contribution in [1.29, 1.82) is 0 Å². The Morgan fingerprint density at radius 1 is 1.24 bits per heavy atom. The summed E-state index contributed by atoms with van der Waals surface area (Å²) in [6.45, 7) is 0. The quantitative estimate of drug-likeness (QED) is 0.486. The van der Waals surface area contributed by atoms with Crippen LogP contribution in [0.1, 0.15) is 25.7 Å². The predicted molar refractivity (Wildman–Crippen MR) is 75.3 cm³/mol. The van der Waals surface area contributed by atoms with Crippen molar-refractivity contribution in [3.63, 3.8) is 0 Å². The fourth-order valence-electron chi connectivity index (χ4n) is 2.22. The number of aliphatic hydroxyl groups is 1. The highest BCUT2D eigenvalue weighted by Gasteiger charge is 2.29. The Morgan fingerprint density at radius 3 is 2.48 bits per heavy atom. The Morgan fingerprint density at radius 2 is 1.90 bits per heavy atom. The number of nitro benzene ring substituents is 2. The van der Waals surface area contributed by atoms with Crippen molar-refractivity contribution >= 4 is 23.3 Å². The first-order valence-corrected chi connectivity index (χ1v) is 6.37. The van der Waals surface area contributed by atoms with E-state index in [9.17, 15) is 25.3 Å². The number of rotatable bonds is 5. The van der Waals surface area contributed by atoms with E-state index in [1.54, 1.807) is 0 Å². The maximum absolute atomic E-state index is 10.9. The number of anilines is 1. The number of nitrogens with zero attached hydrogens (tertiary/aromatic N) is 3. The van der Waals surface area contributed by atoms with Crippen LogP contribution < -0.4 is 5.43 Å². The molecule has 112 valence electrons. The summed E-state index contributed by atoms with van der Waals surface area (Å²) in [4.78, 5) is 20.1. The largest absolute Gasteiger partial charge is 0.384 e. The number of benzene rings is 1. The molecular formula is C12H14N4O5. The van der Waals surface area contributed by atoms with Gasteiger partial charge in [-0.1, -0.05) is 12.8 Å². The van der Waals surface area contributed by atoms with Gasteiger partial charge in [-0.15, -0.1) is 0 Å². The first kappa shape index (κ1) is 14.9. The van der Waals surface area contributed by atoms with Gasteiger partial charge in [-0.2, -0.15) is 5.10 Å². The van der Waals surface area contributed by atoms with Crippen LogP contribution in [0.3, 0.4) is 0 Å². The Hall–Kier alpha value is -2.55. The normalized spacial score (nSPS) is 17.0. The molecule has 0 bridgehead atoms. The minimum Gasteiger partial charge on any atom is -0.384 e. The van der Waals surface area contributed by atoms with Gasteiger partial charge < -0.3 is 5.11 Å². The van der Waals surface area contributed by atoms with Gasteiger partial charge in [0.05, 0.1) is 22.1 Å². The molecule has 0 heterocycles. The summed E-state index contributed by atoms with van der Waals surface area (Å²) in [5.41, 5.74) is 0.691. The molecule has 0 aliphatic heterocycles. The van der Waals surface area contributed by atoms with Crippen LogP contribution >= 0.6 is 0 Å². The van der Waals surface area contributed by atoms with E-state index in [0.717, 1.165) is 25.0 Å². The fourth-order valence-corrected chi connectivity index (χ4v) is 2.22. The highest BCUT2D eigenvalue weighted by molar-refractivity contribution is 5.72. The molecule has 1 aromatic carbocycles. The van der Waals surface area contributed by atoms with Gasteiger partial charge >= 0.3 is 5.69 Å². The van der Waals surface area contributed by atoms with Crippen LogP contribution in [0.4, 0.5) is 17.1 Å². The van der Waals surface area contributed by atoms with Gasteiger partial charge in [0, 0.05) is 6.07 Å².